The number of rotatable bonds is 2. The van der Waals surface area contributed by atoms with Gasteiger partial charge in [0, 0.05) is 0 Å². The van der Waals surface area contributed by atoms with Gasteiger partial charge in [0.15, 0.2) is 5.51 Å². The van der Waals surface area contributed by atoms with Crippen molar-refractivity contribution in [1.82, 2.24) is 9.71 Å². The molecule has 0 saturated heterocycles. The average Bonchev–Trinajstić information content (AvgIpc) is 2.30. The predicted molar refractivity (Wildman–Crippen MR) is 48.0 cm³/mol. The van der Waals surface area contributed by atoms with E-state index in [2.05, 4.69) is 10.5 Å². The molecule has 0 unspecified atom stereocenters. The van der Waals surface area contributed by atoms with Crippen molar-refractivity contribution >= 4 is 27.3 Å². The highest BCUT2D eigenvalue weighted by molar-refractivity contribution is 7.89. The van der Waals surface area contributed by atoms with Gasteiger partial charge in [-0.05, 0) is 6.92 Å². The van der Waals surface area contributed by atoms with E-state index in [-0.39, 0.29) is 4.88 Å². The molecule has 0 aliphatic carbocycles. The number of amides is 1. The third-order valence-electron chi connectivity index (χ3n) is 1.17. The van der Waals surface area contributed by atoms with Crippen LogP contribution in [0.25, 0.3) is 0 Å². The number of carbonyl (C=O) groups excluding carboxylic acids is 1. The second-order valence-corrected chi connectivity index (χ2v) is 4.97. The molecule has 7 heteroatoms. The summed E-state index contributed by atoms with van der Waals surface area (Å²) in [6.45, 7) is 1.62. The first-order valence-electron chi connectivity index (χ1n) is 3.26. The summed E-state index contributed by atoms with van der Waals surface area (Å²) in [7, 11) is -3.50. The van der Waals surface area contributed by atoms with Gasteiger partial charge >= 0.3 is 0 Å². The molecular formula is C6H7N2O3S2. The number of hydrogen-bond acceptors (Lipinski definition) is 5. The number of hydrogen-bond donors (Lipinski definition) is 1. The zero-order valence-electron chi connectivity index (χ0n) is 6.99. The lowest BCUT2D eigenvalue weighted by atomic mass is 10.4. The number of sulfonamides is 1. The molecule has 0 saturated carbocycles. The summed E-state index contributed by atoms with van der Waals surface area (Å²) in [5.74, 6) is -0.654. The molecule has 0 aromatic carbocycles. The van der Waals surface area contributed by atoms with Gasteiger partial charge < -0.3 is 0 Å². The second-order valence-electron chi connectivity index (χ2n) is 2.42. The molecule has 1 rings (SSSR count). The van der Waals surface area contributed by atoms with E-state index in [9.17, 15) is 13.2 Å². The van der Waals surface area contributed by atoms with Crippen LogP contribution in [0, 0.1) is 12.4 Å². The normalized spacial score (nSPS) is 11.2. The fraction of sp³-hybridized carbons (Fsp3) is 0.333. The number of nitrogens with one attached hydrogen (secondary N) is 1. The maximum Gasteiger partial charge on any atom is 0.276 e. The van der Waals surface area contributed by atoms with Crippen LogP contribution in [0.5, 0.6) is 0 Å². The largest absolute Gasteiger partial charge is 0.276 e. The third kappa shape index (κ3) is 2.78. The first-order chi connectivity index (χ1) is 5.90. The Kier molecular flexibility index (Phi) is 2.67. The van der Waals surface area contributed by atoms with Crippen LogP contribution in [-0.4, -0.2) is 25.6 Å². The number of aromatic nitrogens is 1. The summed E-state index contributed by atoms with van der Waals surface area (Å²) >= 11 is 0.986. The number of thiazole rings is 1. The standard InChI is InChI=1S/C6H7N2O3S2/c1-4-5(12-3-7-4)6(9)8-13(2,10)11/h1-2H3,(H,8,9). The van der Waals surface area contributed by atoms with E-state index in [1.54, 1.807) is 6.92 Å². The molecular weight excluding hydrogens is 212 g/mol. The van der Waals surface area contributed by atoms with Crippen molar-refractivity contribution < 1.29 is 13.2 Å². The maximum atomic E-state index is 11.2. The maximum absolute atomic E-state index is 11.2. The summed E-state index contributed by atoms with van der Waals surface area (Å²) in [6, 6.07) is 0. The monoisotopic (exact) mass is 219 g/mol. The van der Waals surface area contributed by atoms with Crippen LogP contribution in [0.1, 0.15) is 15.4 Å². The van der Waals surface area contributed by atoms with E-state index in [0.717, 1.165) is 17.6 Å². The van der Waals surface area contributed by atoms with Crippen molar-refractivity contribution in [3.8, 4) is 0 Å². The van der Waals surface area contributed by atoms with Gasteiger partial charge in [0.25, 0.3) is 5.91 Å². The van der Waals surface area contributed by atoms with E-state index < -0.39 is 15.9 Å². The van der Waals surface area contributed by atoms with Gasteiger partial charge in [-0.3, -0.25) is 4.79 Å². The summed E-state index contributed by atoms with van der Waals surface area (Å²) in [4.78, 5) is 15.2. The molecule has 13 heavy (non-hydrogen) atoms. The molecule has 71 valence electrons. The molecule has 0 aliphatic heterocycles. The van der Waals surface area contributed by atoms with E-state index in [1.807, 2.05) is 4.72 Å². The Morgan fingerprint density at radius 2 is 2.23 bits per heavy atom. The lowest BCUT2D eigenvalue weighted by Gasteiger charge is -1.99. The SMILES string of the molecule is Cc1n[c]sc1C(=O)NS(C)(=O)=O. The van der Waals surface area contributed by atoms with Crippen LogP contribution >= 0.6 is 11.3 Å². The molecule has 1 aromatic rings. The molecule has 5 nitrogen and oxygen atoms in total. The Balaban J connectivity index is 2.88. The van der Waals surface area contributed by atoms with Crippen LogP contribution < -0.4 is 4.72 Å². The Bertz CT molecular complexity index is 421. The summed E-state index contributed by atoms with van der Waals surface area (Å²) in [5.41, 5.74) is 2.98. The van der Waals surface area contributed by atoms with Crippen LogP contribution in [0.4, 0.5) is 0 Å². The summed E-state index contributed by atoms with van der Waals surface area (Å²) in [5, 5.41) is 0. The van der Waals surface area contributed by atoms with Crippen molar-refractivity contribution in [3.05, 3.63) is 16.1 Å². The minimum atomic E-state index is -3.50. The fourth-order valence-corrected chi connectivity index (χ4v) is 1.80. The number of aryl methyl sites for hydroxylation is 1. The first kappa shape index (κ1) is 10.1. The predicted octanol–water partition coefficient (Wildman–Crippen LogP) is -0.0589. The second kappa shape index (κ2) is 3.43. The molecule has 0 fully saturated rings. The quantitative estimate of drug-likeness (QED) is 0.756. The molecule has 1 radical (unpaired) electrons. The van der Waals surface area contributed by atoms with Crippen LogP contribution in [-0.2, 0) is 10.0 Å². The molecule has 1 amide bonds. The van der Waals surface area contributed by atoms with Gasteiger partial charge in [0.05, 0.1) is 11.9 Å². The zero-order chi connectivity index (χ0) is 10.1. The first-order valence-corrected chi connectivity index (χ1v) is 5.96. The molecule has 0 atom stereocenters. The highest BCUT2D eigenvalue weighted by Crippen LogP contribution is 2.10. The Labute approximate surface area is 79.9 Å². The third-order valence-corrected chi connectivity index (χ3v) is 2.60. The van der Waals surface area contributed by atoms with Gasteiger partial charge in [0.1, 0.15) is 4.88 Å². The van der Waals surface area contributed by atoms with Gasteiger partial charge in [-0.2, -0.15) is 0 Å². The fourth-order valence-electron chi connectivity index (χ4n) is 0.687. The lowest BCUT2D eigenvalue weighted by Crippen LogP contribution is -2.29. The Morgan fingerprint density at radius 3 is 2.62 bits per heavy atom. The van der Waals surface area contributed by atoms with E-state index in [0.29, 0.717) is 5.69 Å². The Morgan fingerprint density at radius 1 is 1.62 bits per heavy atom. The zero-order valence-corrected chi connectivity index (χ0v) is 8.62. The van der Waals surface area contributed by atoms with Crippen molar-refractivity contribution in [2.24, 2.45) is 0 Å². The molecule has 1 N–H and O–H groups in total. The highest BCUT2D eigenvalue weighted by atomic mass is 32.2. The van der Waals surface area contributed by atoms with E-state index in [4.69, 9.17) is 0 Å². The van der Waals surface area contributed by atoms with E-state index in [1.165, 1.54) is 0 Å². The summed E-state index contributed by atoms with van der Waals surface area (Å²) < 4.78 is 23.2. The van der Waals surface area contributed by atoms with Crippen LogP contribution in [0.2, 0.25) is 0 Å². The van der Waals surface area contributed by atoms with Gasteiger partial charge in [-0.1, -0.05) is 0 Å². The number of carbonyl (C=O) groups is 1. The van der Waals surface area contributed by atoms with Crippen LogP contribution in [0.15, 0.2) is 0 Å². The minimum Gasteiger partial charge on any atom is -0.267 e. The number of nitrogens with zero attached hydrogens (tertiary/aromatic N) is 1. The van der Waals surface area contributed by atoms with Crippen molar-refractivity contribution in [1.29, 1.82) is 0 Å². The topological polar surface area (TPSA) is 76.1 Å². The van der Waals surface area contributed by atoms with Crippen molar-refractivity contribution in [3.63, 3.8) is 0 Å². The van der Waals surface area contributed by atoms with Crippen molar-refractivity contribution in [2.75, 3.05) is 6.26 Å². The van der Waals surface area contributed by atoms with Gasteiger partial charge in [0.2, 0.25) is 10.0 Å². The van der Waals surface area contributed by atoms with Crippen molar-refractivity contribution in [2.45, 2.75) is 6.92 Å². The molecule has 0 aliphatic rings. The van der Waals surface area contributed by atoms with Crippen LogP contribution in [0.3, 0.4) is 0 Å². The lowest BCUT2D eigenvalue weighted by molar-refractivity contribution is 0.0985. The summed E-state index contributed by atoms with van der Waals surface area (Å²) in [6.07, 6.45) is 0.922. The smallest absolute Gasteiger partial charge is 0.267 e. The minimum absolute atomic E-state index is 0.269. The molecule has 0 spiro atoms. The van der Waals surface area contributed by atoms with Gasteiger partial charge in [-0.25, -0.2) is 18.1 Å². The molecule has 1 heterocycles. The highest BCUT2D eigenvalue weighted by Gasteiger charge is 2.15. The molecule has 1 aromatic heterocycles. The van der Waals surface area contributed by atoms with E-state index >= 15 is 0 Å². The average molecular weight is 219 g/mol. The van der Waals surface area contributed by atoms with Gasteiger partial charge in [-0.15, -0.1) is 11.3 Å². The molecule has 0 bridgehead atoms. The Hall–Kier alpha value is -0.950.